The van der Waals surface area contributed by atoms with Crippen LogP contribution in [-0.2, 0) is 11.3 Å². The topological polar surface area (TPSA) is 59.6 Å². The highest BCUT2D eigenvalue weighted by molar-refractivity contribution is 6.32. The van der Waals surface area contributed by atoms with Gasteiger partial charge < -0.3 is 20.1 Å². The van der Waals surface area contributed by atoms with Crippen LogP contribution in [-0.4, -0.2) is 19.1 Å². The lowest BCUT2D eigenvalue weighted by molar-refractivity contribution is -0.118. The van der Waals surface area contributed by atoms with E-state index in [4.69, 9.17) is 21.1 Å². The molecule has 0 heterocycles. The highest BCUT2D eigenvalue weighted by Crippen LogP contribution is 2.26. The number of hydrogen-bond donors (Lipinski definition) is 2. The molecule has 0 aliphatic carbocycles. The number of aryl methyl sites for hydroxylation is 1. The Bertz CT molecular complexity index is 990. The molecule has 0 aliphatic heterocycles. The van der Waals surface area contributed by atoms with Crippen LogP contribution >= 0.6 is 11.6 Å². The summed E-state index contributed by atoms with van der Waals surface area (Å²) in [5.74, 6) is 1.08. The second-order valence-electron chi connectivity index (χ2n) is 6.78. The Morgan fingerprint density at radius 1 is 0.967 bits per heavy atom. The Labute approximate surface area is 182 Å². The van der Waals surface area contributed by atoms with Crippen LogP contribution in [0.25, 0.3) is 0 Å². The van der Waals surface area contributed by atoms with Gasteiger partial charge in [0.2, 0.25) is 0 Å². The molecule has 0 bridgehead atoms. The zero-order valence-corrected chi connectivity index (χ0v) is 17.8. The Hall–Kier alpha value is -3.18. The molecule has 0 saturated heterocycles. The largest absolute Gasteiger partial charge is 0.494 e. The molecule has 3 rings (SSSR count). The number of hydrogen-bond acceptors (Lipinski definition) is 4. The third-order valence-electron chi connectivity index (χ3n) is 4.32. The zero-order valence-electron chi connectivity index (χ0n) is 17.1. The number of anilines is 2. The van der Waals surface area contributed by atoms with E-state index in [0.717, 1.165) is 28.3 Å². The first-order chi connectivity index (χ1) is 14.5. The molecule has 1 amide bonds. The van der Waals surface area contributed by atoms with E-state index in [2.05, 4.69) is 10.6 Å². The summed E-state index contributed by atoms with van der Waals surface area (Å²) in [5, 5.41) is 6.61. The molecule has 6 heteroatoms. The number of carbonyl (C=O) groups excluding carboxylic acids is 1. The van der Waals surface area contributed by atoms with Crippen molar-refractivity contribution in [2.75, 3.05) is 23.8 Å². The molecule has 0 saturated carbocycles. The predicted molar refractivity (Wildman–Crippen MR) is 122 cm³/mol. The minimum absolute atomic E-state index is 0.114. The highest BCUT2D eigenvalue weighted by atomic mass is 35.5. The van der Waals surface area contributed by atoms with Crippen molar-refractivity contribution in [3.63, 3.8) is 0 Å². The second-order valence-corrected chi connectivity index (χ2v) is 7.19. The van der Waals surface area contributed by atoms with E-state index in [1.807, 2.05) is 74.5 Å². The summed E-state index contributed by atoms with van der Waals surface area (Å²) in [6.45, 7) is 5.07. The summed E-state index contributed by atoms with van der Waals surface area (Å²) >= 11 is 6.33. The summed E-state index contributed by atoms with van der Waals surface area (Å²) in [6.07, 6.45) is 0. The fourth-order valence-electron chi connectivity index (χ4n) is 2.87. The second kappa shape index (κ2) is 10.6. The van der Waals surface area contributed by atoms with Crippen molar-refractivity contribution in [2.24, 2.45) is 0 Å². The van der Waals surface area contributed by atoms with Crippen molar-refractivity contribution < 1.29 is 14.3 Å². The lowest BCUT2D eigenvalue weighted by Gasteiger charge is -2.11. The van der Waals surface area contributed by atoms with Crippen LogP contribution in [0.5, 0.6) is 11.5 Å². The minimum Gasteiger partial charge on any atom is -0.494 e. The van der Waals surface area contributed by atoms with Crippen LogP contribution in [0.2, 0.25) is 5.02 Å². The first kappa shape index (κ1) is 21.5. The molecule has 2 N–H and O–H groups in total. The fraction of sp³-hybridized carbons (Fsp3) is 0.208. The number of rotatable bonds is 9. The molecule has 3 aromatic rings. The molecule has 0 fully saturated rings. The molecule has 0 aliphatic rings. The molecule has 3 aromatic carbocycles. The molecule has 30 heavy (non-hydrogen) atoms. The maximum Gasteiger partial charge on any atom is 0.262 e. The van der Waals surface area contributed by atoms with Gasteiger partial charge in [-0.15, -0.1) is 0 Å². The molecule has 0 aromatic heterocycles. The monoisotopic (exact) mass is 424 g/mol. The van der Waals surface area contributed by atoms with Gasteiger partial charge in [0.1, 0.15) is 11.5 Å². The molecule has 5 nitrogen and oxygen atoms in total. The Kier molecular flexibility index (Phi) is 7.57. The first-order valence-corrected chi connectivity index (χ1v) is 10.2. The Balaban J connectivity index is 1.50. The van der Waals surface area contributed by atoms with E-state index in [9.17, 15) is 4.79 Å². The van der Waals surface area contributed by atoms with Gasteiger partial charge in [-0.05, 0) is 73.5 Å². The normalized spacial score (nSPS) is 10.4. The number of benzene rings is 3. The van der Waals surface area contributed by atoms with Crippen LogP contribution in [0.1, 0.15) is 18.1 Å². The minimum atomic E-state index is -0.238. The van der Waals surface area contributed by atoms with Crippen LogP contribution < -0.4 is 20.1 Å². The molecule has 0 spiro atoms. The molecular weight excluding hydrogens is 400 g/mol. The summed E-state index contributed by atoms with van der Waals surface area (Å²) in [5.41, 5.74) is 3.81. The van der Waals surface area contributed by atoms with E-state index in [1.165, 1.54) is 0 Å². The van der Waals surface area contributed by atoms with Crippen molar-refractivity contribution >= 4 is 28.9 Å². The van der Waals surface area contributed by atoms with Gasteiger partial charge in [0.15, 0.2) is 6.61 Å². The van der Waals surface area contributed by atoms with Gasteiger partial charge in [-0.1, -0.05) is 29.8 Å². The predicted octanol–water partition coefficient (Wildman–Crippen LogP) is 5.68. The maximum absolute atomic E-state index is 12.1. The van der Waals surface area contributed by atoms with Crippen molar-refractivity contribution in [1.29, 1.82) is 0 Å². The van der Waals surface area contributed by atoms with Gasteiger partial charge >= 0.3 is 0 Å². The molecule has 0 radical (unpaired) electrons. The summed E-state index contributed by atoms with van der Waals surface area (Å²) in [6, 6.07) is 20.9. The highest BCUT2D eigenvalue weighted by Gasteiger charge is 2.08. The van der Waals surface area contributed by atoms with Gasteiger partial charge in [0.25, 0.3) is 5.91 Å². The van der Waals surface area contributed by atoms with Crippen LogP contribution in [0.3, 0.4) is 0 Å². The van der Waals surface area contributed by atoms with Gasteiger partial charge in [-0.2, -0.15) is 0 Å². The molecule has 0 unspecified atom stereocenters. The van der Waals surface area contributed by atoms with E-state index in [0.29, 0.717) is 23.9 Å². The molecular formula is C24H25ClN2O3. The van der Waals surface area contributed by atoms with Crippen molar-refractivity contribution in [2.45, 2.75) is 20.4 Å². The van der Waals surface area contributed by atoms with E-state index >= 15 is 0 Å². The van der Waals surface area contributed by atoms with E-state index in [1.54, 1.807) is 6.07 Å². The Morgan fingerprint density at radius 3 is 2.47 bits per heavy atom. The van der Waals surface area contributed by atoms with E-state index < -0.39 is 0 Å². The van der Waals surface area contributed by atoms with Gasteiger partial charge in [0.05, 0.1) is 11.6 Å². The van der Waals surface area contributed by atoms with Crippen molar-refractivity contribution in [3.8, 4) is 11.5 Å². The average Bonchev–Trinajstić information content (AvgIpc) is 2.73. The average molecular weight is 425 g/mol. The Morgan fingerprint density at radius 2 is 1.77 bits per heavy atom. The smallest absolute Gasteiger partial charge is 0.262 e. The van der Waals surface area contributed by atoms with Gasteiger partial charge in [0, 0.05) is 17.9 Å². The zero-order chi connectivity index (χ0) is 21.3. The standard InChI is InChI=1S/C24H25ClN2O3/c1-3-29-21-10-8-19(9-11-21)26-15-18-7-12-23(22(25)14-18)30-16-24(28)27-20-6-4-5-17(2)13-20/h4-14,26H,3,15-16H2,1-2H3,(H,27,28). The summed E-state index contributed by atoms with van der Waals surface area (Å²) in [4.78, 5) is 12.1. The SMILES string of the molecule is CCOc1ccc(NCc2ccc(OCC(=O)Nc3cccc(C)c3)c(Cl)c2)cc1. The summed E-state index contributed by atoms with van der Waals surface area (Å²) < 4.78 is 11.0. The number of amides is 1. The quantitative estimate of drug-likeness (QED) is 0.464. The number of ether oxygens (including phenoxy) is 2. The fourth-order valence-corrected chi connectivity index (χ4v) is 3.13. The van der Waals surface area contributed by atoms with Gasteiger partial charge in [-0.3, -0.25) is 4.79 Å². The summed E-state index contributed by atoms with van der Waals surface area (Å²) in [7, 11) is 0. The third kappa shape index (κ3) is 6.42. The number of carbonyl (C=O) groups is 1. The lowest BCUT2D eigenvalue weighted by atomic mass is 10.2. The first-order valence-electron chi connectivity index (χ1n) is 9.78. The van der Waals surface area contributed by atoms with Crippen LogP contribution in [0.15, 0.2) is 66.7 Å². The third-order valence-corrected chi connectivity index (χ3v) is 4.61. The number of nitrogens with one attached hydrogen (secondary N) is 2. The van der Waals surface area contributed by atoms with Crippen LogP contribution in [0, 0.1) is 6.92 Å². The van der Waals surface area contributed by atoms with Crippen molar-refractivity contribution in [1.82, 2.24) is 0 Å². The van der Waals surface area contributed by atoms with Crippen LogP contribution in [0.4, 0.5) is 11.4 Å². The maximum atomic E-state index is 12.1. The molecule has 156 valence electrons. The van der Waals surface area contributed by atoms with E-state index in [-0.39, 0.29) is 12.5 Å². The lowest BCUT2D eigenvalue weighted by Crippen LogP contribution is -2.20. The molecule has 0 atom stereocenters. The number of halogens is 1. The van der Waals surface area contributed by atoms with Crippen molar-refractivity contribution in [3.05, 3.63) is 82.9 Å². The van der Waals surface area contributed by atoms with Gasteiger partial charge in [-0.25, -0.2) is 0 Å².